The molecule has 0 radical (unpaired) electrons. The van der Waals surface area contributed by atoms with Gasteiger partial charge in [0.1, 0.15) is 0 Å². The average molecular weight is 222 g/mol. The molecule has 0 heterocycles. The van der Waals surface area contributed by atoms with Crippen molar-refractivity contribution in [1.29, 1.82) is 0 Å². The number of rotatable bonds is 5. The molecule has 0 rings (SSSR count). The minimum absolute atomic E-state index is 0.525. The van der Waals surface area contributed by atoms with E-state index in [0.29, 0.717) is 6.42 Å². The van der Waals surface area contributed by atoms with Crippen molar-refractivity contribution in [2.45, 2.75) is 39.3 Å². The third kappa shape index (κ3) is 4.13. The van der Waals surface area contributed by atoms with E-state index < -0.39 is 30.1 Å². The Hall–Kier alpha value is -0.690. The highest BCUT2D eigenvalue weighted by molar-refractivity contribution is 5.75. The highest BCUT2D eigenvalue weighted by Crippen LogP contribution is 2.22. The molecule has 15 heavy (non-hydrogen) atoms. The van der Waals surface area contributed by atoms with E-state index in [0.717, 1.165) is 0 Å². The Morgan fingerprint density at radius 3 is 2.13 bits per heavy atom. The lowest BCUT2D eigenvalue weighted by atomic mass is 9.91. The topological polar surface area (TPSA) is 107 Å². The molecule has 0 amide bonds. The summed E-state index contributed by atoms with van der Waals surface area (Å²) in [6.45, 7) is 4.18. The summed E-state index contributed by atoms with van der Waals surface area (Å²) in [6.07, 6.45) is -1.85. The molecule has 0 aromatic rings. The van der Waals surface area contributed by atoms with Gasteiger partial charge in [-0.15, -0.1) is 0 Å². The van der Waals surface area contributed by atoms with Crippen LogP contribution in [-0.2, 0) is 9.53 Å². The second kappa shape index (κ2) is 4.89. The van der Waals surface area contributed by atoms with E-state index in [1.807, 2.05) is 0 Å². The van der Waals surface area contributed by atoms with Crippen LogP contribution in [0, 0.1) is 5.41 Å². The summed E-state index contributed by atoms with van der Waals surface area (Å²) >= 11 is 0. The molecule has 0 atom stereocenters. The van der Waals surface area contributed by atoms with E-state index in [2.05, 4.69) is 4.74 Å². The second-order valence-electron chi connectivity index (χ2n) is 4.07. The highest BCUT2D eigenvalue weighted by atomic mass is 16.6. The van der Waals surface area contributed by atoms with Gasteiger partial charge in [0.05, 0.1) is 5.41 Å². The first-order chi connectivity index (χ1) is 6.63. The maximum Gasteiger partial charge on any atom is 0.311 e. The summed E-state index contributed by atoms with van der Waals surface area (Å²) in [5.74, 6) is -3.46. The van der Waals surface area contributed by atoms with E-state index in [1.165, 1.54) is 0 Å². The summed E-state index contributed by atoms with van der Waals surface area (Å²) in [4.78, 5) is 11.4. The summed E-state index contributed by atoms with van der Waals surface area (Å²) in [6, 6.07) is 0. The number of carbonyl (C=O) groups is 1. The fourth-order valence-corrected chi connectivity index (χ4v) is 0.586. The Morgan fingerprint density at radius 1 is 1.33 bits per heavy atom. The Morgan fingerprint density at radius 2 is 1.80 bits per heavy atom. The summed E-state index contributed by atoms with van der Waals surface area (Å²) in [5, 5.41) is 34.9. The zero-order valence-electron chi connectivity index (χ0n) is 9.10. The van der Waals surface area contributed by atoms with Gasteiger partial charge in [-0.25, -0.2) is 0 Å². The molecule has 0 aliphatic carbocycles. The molecule has 0 aliphatic heterocycles. The maximum atomic E-state index is 11.4. The van der Waals surface area contributed by atoms with Gasteiger partial charge >= 0.3 is 5.97 Å². The second-order valence-corrected chi connectivity index (χ2v) is 4.07. The van der Waals surface area contributed by atoms with Crippen LogP contribution in [0.2, 0.25) is 0 Å². The molecule has 0 aromatic carbocycles. The van der Waals surface area contributed by atoms with Gasteiger partial charge in [0, 0.05) is 0 Å². The number of hydrogen-bond acceptors (Lipinski definition) is 6. The molecule has 0 saturated carbocycles. The predicted octanol–water partition coefficient (Wildman–Crippen LogP) is -1.04. The normalized spacial score (nSPS) is 13.1. The van der Waals surface area contributed by atoms with Gasteiger partial charge in [-0.2, -0.15) is 0 Å². The number of esters is 1. The van der Waals surface area contributed by atoms with Gasteiger partial charge in [0.25, 0.3) is 5.79 Å². The molecule has 6 nitrogen and oxygen atoms in total. The number of ether oxygens (including phenoxy) is 1. The summed E-state index contributed by atoms with van der Waals surface area (Å²) < 4.78 is 4.56. The first kappa shape index (κ1) is 14.3. The standard InChI is InChI=1S/C9H18O6/c1-4-8(2,3)7(12)15-5-9(13,14)6(10)11/h6,10-11,13-14H,4-5H2,1-3H3. The minimum Gasteiger partial charge on any atom is -0.459 e. The largest absolute Gasteiger partial charge is 0.459 e. The van der Waals surface area contributed by atoms with Crippen LogP contribution >= 0.6 is 0 Å². The van der Waals surface area contributed by atoms with Gasteiger partial charge in [-0.05, 0) is 20.3 Å². The van der Waals surface area contributed by atoms with Gasteiger partial charge < -0.3 is 25.2 Å². The fourth-order valence-electron chi connectivity index (χ4n) is 0.586. The average Bonchev–Trinajstić information content (AvgIpc) is 2.13. The van der Waals surface area contributed by atoms with Gasteiger partial charge in [0.15, 0.2) is 6.61 Å². The van der Waals surface area contributed by atoms with Crippen LogP contribution in [0.25, 0.3) is 0 Å². The summed E-state index contributed by atoms with van der Waals surface area (Å²) in [5.41, 5.74) is -0.740. The van der Waals surface area contributed by atoms with Crippen LogP contribution in [0.1, 0.15) is 27.2 Å². The van der Waals surface area contributed by atoms with Crippen LogP contribution in [0.5, 0.6) is 0 Å². The molecule has 0 spiro atoms. The third-order valence-electron chi connectivity index (χ3n) is 2.27. The summed E-state index contributed by atoms with van der Waals surface area (Å²) in [7, 11) is 0. The molecular formula is C9H18O6. The zero-order chi connectivity index (χ0) is 12.3. The van der Waals surface area contributed by atoms with Crippen molar-refractivity contribution in [2.24, 2.45) is 5.41 Å². The molecule has 0 aliphatic rings. The molecular weight excluding hydrogens is 204 g/mol. The molecule has 4 N–H and O–H groups in total. The predicted molar refractivity (Wildman–Crippen MR) is 50.4 cm³/mol. The first-order valence-corrected chi connectivity index (χ1v) is 4.61. The van der Waals surface area contributed by atoms with Gasteiger partial charge in [-0.1, -0.05) is 6.92 Å². The van der Waals surface area contributed by atoms with Gasteiger partial charge in [-0.3, -0.25) is 4.79 Å². The van der Waals surface area contributed by atoms with Crippen LogP contribution < -0.4 is 0 Å². The Labute approximate surface area is 88.1 Å². The minimum atomic E-state index is -2.83. The number of hydrogen-bond donors (Lipinski definition) is 4. The number of aliphatic hydroxyl groups excluding tert-OH is 1. The Balaban J connectivity index is 4.24. The zero-order valence-corrected chi connectivity index (χ0v) is 9.10. The van der Waals surface area contributed by atoms with Crippen LogP contribution in [-0.4, -0.2) is 45.1 Å². The van der Waals surface area contributed by atoms with Crippen molar-refractivity contribution in [2.75, 3.05) is 6.61 Å². The molecule has 0 fully saturated rings. The van der Waals surface area contributed by atoms with E-state index in [1.54, 1.807) is 20.8 Å². The lowest BCUT2D eigenvalue weighted by Crippen LogP contribution is -2.47. The SMILES string of the molecule is CCC(C)(C)C(=O)OCC(O)(O)C(O)O. The van der Waals surface area contributed by atoms with E-state index in [-0.39, 0.29) is 0 Å². The molecule has 0 saturated heterocycles. The quantitative estimate of drug-likeness (QED) is 0.349. The first-order valence-electron chi connectivity index (χ1n) is 4.61. The fraction of sp³-hybridized carbons (Fsp3) is 0.889. The van der Waals surface area contributed by atoms with Crippen LogP contribution in [0.3, 0.4) is 0 Å². The molecule has 6 heteroatoms. The molecule has 0 unspecified atom stereocenters. The molecule has 90 valence electrons. The van der Waals surface area contributed by atoms with E-state index >= 15 is 0 Å². The van der Waals surface area contributed by atoms with Crippen molar-refractivity contribution in [3.63, 3.8) is 0 Å². The van der Waals surface area contributed by atoms with Crippen LogP contribution in [0.15, 0.2) is 0 Å². The maximum absolute atomic E-state index is 11.4. The van der Waals surface area contributed by atoms with E-state index in [9.17, 15) is 4.79 Å². The third-order valence-corrected chi connectivity index (χ3v) is 2.27. The van der Waals surface area contributed by atoms with Crippen LogP contribution in [0.4, 0.5) is 0 Å². The molecule has 0 bridgehead atoms. The number of aliphatic hydroxyl groups is 4. The van der Waals surface area contributed by atoms with Crippen molar-refractivity contribution < 1.29 is 30.0 Å². The van der Waals surface area contributed by atoms with Crippen molar-refractivity contribution >= 4 is 5.97 Å². The smallest absolute Gasteiger partial charge is 0.311 e. The van der Waals surface area contributed by atoms with Crippen molar-refractivity contribution in [3.8, 4) is 0 Å². The lowest BCUT2D eigenvalue weighted by molar-refractivity contribution is -0.304. The highest BCUT2D eigenvalue weighted by Gasteiger charge is 2.36. The lowest BCUT2D eigenvalue weighted by Gasteiger charge is -2.26. The van der Waals surface area contributed by atoms with Crippen molar-refractivity contribution in [1.82, 2.24) is 0 Å². The van der Waals surface area contributed by atoms with Gasteiger partial charge in [0.2, 0.25) is 6.29 Å². The molecule has 0 aromatic heterocycles. The Bertz CT molecular complexity index is 221. The monoisotopic (exact) mass is 222 g/mol. The Kier molecular flexibility index (Phi) is 4.66. The van der Waals surface area contributed by atoms with Crippen molar-refractivity contribution in [3.05, 3.63) is 0 Å². The number of carbonyl (C=O) groups excluding carboxylic acids is 1. The van der Waals surface area contributed by atoms with E-state index in [4.69, 9.17) is 20.4 Å².